The number of carbonyl (C=O) groups excluding carboxylic acids is 1. The Morgan fingerprint density at radius 3 is 2.88 bits per heavy atom. The van der Waals surface area contributed by atoms with E-state index >= 15 is 0 Å². The number of nitrogens with zero attached hydrogens (tertiary/aromatic N) is 3. The van der Waals surface area contributed by atoms with Crippen molar-refractivity contribution in [3.63, 3.8) is 0 Å². The molecule has 0 atom stereocenters. The maximum absolute atomic E-state index is 13.1. The van der Waals surface area contributed by atoms with Crippen LogP contribution in [-0.2, 0) is 29.0 Å². The molecular formula is C18H22FN3O3. The fourth-order valence-corrected chi connectivity index (χ4v) is 2.88. The summed E-state index contributed by atoms with van der Waals surface area (Å²) in [5, 5.41) is 4.55. The van der Waals surface area contributed by atoms with Gasteiger partial charge in [0.2, 0.25) is 0 Å². The number of aromatic nitrogens is 2. The second kappa shape index (κ2) is 7.76. The minimum absolute atomic E-state index is 0.142. The standard InChI is InChI=1S/C18H22FN3O3/c1-21(8-10-24-2)18(23)17-15-12-25-9-7-16(15)22(20-17)11-13-3-5-14(19)6-4-13/h3-6H,7-12H2,1-2H3. The predicted octanol–water partition coefficient (Wildman–Crippen LogP) is 1.86. The molecule has 0 radical (unpaired) electrons. The van der Waals surface area contributed by atoms with E-state index in [1.165, 1.54) is 12.1 Å². The Balaban J connectivity index is 1.88. The Morgan fingerprint density at radius 2 is 2.16 bits per heavy atom. The lowest BCUT2D eigenvalue weighted by atomic mass is 10.1. The Hall–Kier alpha value is -2.25. The molecule has 0 aliphatic carbocycles. The van der Waals surface area contributed by atoms with Gasteiger partial charge in [-0.1, -0.05) is 12.1 Å². The van der Waals surface area contributed by atoms with E-state index in [-0.39, 0.29) is 11.7 Å². The third-order valence-corrected chi connectivity index (χ3v) is 4.32. The van der Waals surface area contributed by atoms with Crippen molar-refractivity contribution in [2.75, 3.05) is 33.9 Å². The number of likely N-dealkylation sites (N-methyl/N-ethyl adjacent to an activating group) is 1. The second-order valence-electron chi connectivity index (χ2n) is 6.08. The third kappa shape index (κ3) is 3.88. The number of amides is 1. The van der Waals surface area contributed by atoms with Gasteiger partial charge in [0.05, 0.1) is 26.4 Å². The molecule has 0 fully saturated rings. The van der Waals surface area contributed by atoms with E-state index in [1.54, 1.807) is 31.2 Å². The van der Waals surface area contributed by atoms with Crippen LogP contribution < -0.4 is 0 Å². The van der Waals surface area contributed by atoms with Crippen molar-refractivity contribution in [1.82, 2.24) is 14.7 Å². The van der Waals surface area contributed by atoms with Crippen molar-refractivity contribution in [2.45, 2.75) is 19.6 Å². The molecule has 1 aromatic heterocycles. The maximum Gasteiger partial charge on any atom is 0.274 e. The van der Waals surface area contributed by atoms with Gasteiger partial charge in [0, 0.05) is 38.4 Å². The molecule has 134 valence electrons. The largest absolute Gasteiger partial charge is 0.383 e. The number of fused-ring (bicyclic) bond motifs is 1. The van der Waals surface area contributed by atoms with Crippen LogP contribution in [0.3, 0.4) is 0 Å². The first-order chi connectivity index (χ1) is 12.1. The zero-order valence-electron chi connectivity index (χ0n) is 14.5. The number of hydrogen-bond donors (Lipinski definition) is 0. The Kier molecular flexibility index (Phi) is 5.45. The minimum atomic E-state index is -0.268. The fourth-order valence-electron chi connectivity index (χ4n) is 2.88. The van der Waals surface area contributed by atoms with Gasteiger partial charge in [-0.2, -0.15) is 5.10 Å². The number of halogens is 1. The van der Waals surface area contributed by atoms with E-state index in [0.717, 1.165) is 16.8 Å². The van der Waals surface area contributed by atoms with Crippen molar-refractivity contribution in [2.24, 2.45) is 0 Å². The Morgan fingerprint density at radius 1 is 1.40 bits per heavy atom. The lowest BCUT2D eigenvalue weighted by Crippen LogP contribution is -2.31. The van der Waals surface area contributed by atoms with E-state index < -0.39 is 0 Å². The summed E-state index contributed by atoms with van der Waals surface area (Å²) in [4.78, 5) is 14.3. The van der Waals surface area contributed by atoms with Gasteiger partial charge in [0.1, 0.15) is 5.82 Å². The van der Waals surface area contributed by atoms with Crippen LogP contribution in [0.2, 0.25) is 0 Å². The van der Waals surface area contributed by atoms with E-state index in [1.807, 2.05) is 4.68 Å². The summed E-state index contributed by atoms with van der Waals surface area (Å²) in [5.41, 5.74) is 3.22. The van der Waals surface area contributed by atoms with Crippen LogP contribution in [-0.4, -0.2) is 54.5 Å². The zero-order chi connectivity index (χ0) is 17.8. The van der Waals surface area contributed by atoms with Crippen molar-refractivity contribution in [1.29, 1.82) is 0 Å². The molecule has 1 amide bonds. The van der Waals surface area contributed by atoms with Gasteiger partial charge >= 0.3 is 0 Å². The van der Waals surface area contributed by atoms with Crippen LogP contribution in [0.4, 0.5) is 4.39 Å². The molecule has 3 rings (SSSR count). The van der Waals surface area contributed by atoms with Gasteiger partial charge in [0.15, 0.2) is 5.69 Å². The van der Waals surface area contributed by atoms with Crippen LogP contribution in [0.25, 0.3) is 0 Å². The van der Waals surface area contributed by atoms with E-state index in [4.69, 9.17) is 9.47 Å². The minimum Gasteiger partial charge on any atom is -0.383 e. The lowest BCUT2D eigenvalue weighted by Gasteiger charge is -2.17. The van der Waals surface area contributed by atoms with Gasteiger partial charge in [-0.3, -0.25) is 9.48 Å². The molecule has 0 N–H and O–H groups in total. The molecule has 2 heterocycles. The first-order valence-electron chi connectivity index (χ1n) is 8.25. The molecule has 1 aliphatic heterocycles. The monoisotopic (exact) mass is 347 g/mol. The Bertz CT molecular complexity index is 743. The molecule has 0 saturated carbocycles. The quantitative estimate of drug-likeness (QED) is 0.800. The molecule has 1 aromatic carbocycles. The van der Waals surface area contributed by atoms with Gasteiger partial charge in [0.25, 0.3) is 5.91 Å². The first kappa shape index (κ1) is 17.6. The number of carbonyl (C=O) groups is 1. The number of hydrogen-bond acceptors (Lipinski definition) is 4. The maximum atomic E-state index is 13.1. The zero-order valence-corrected chi connectivity index (χ0v) is 14.5. The summed E-state index contributed by atoms with van der Waals surface area (Å²) in [7, 11) is 3.34. The highest BCUT2D eigenvalue weighted by molar-refractivity contribution is 5.93. The molecule has 6 nitrogen and oxygen atoms in total. The van der Waals surface area contributed by atoms with Crippen LogP contribution in [0.1, 0.15) is 27.3 Å². The molecule has 1 aliphatic rings. The average Bonchev–Trinajstić information content (AvgIpc) is 2.99. The van der Waals surface area contributed by atoms with Crippen LogP contribution >= 0.6 is 0 Å². The SMILES string of the molecule is COCCN(C)C(=O)c1nn(Cc2ccc(F)cc2)c2c1COCC2. The summed E-state index contributed by atoms with van der Waals surface area (Å²) >= 11 is 0. The van der Waals surface area contributed by atoms with Crippen LogP contribution in [0.5, 0.6) is 0 Å². The molecule has 7 heteroatoms. The topological polar surface area (TPSA) is 56.6 Å². The number of benzene rings is 1. The van der Waals surface area contributed by atoms with Crippen molar-refractivity contribution in [3.05, 3.63) is 52.6 Å². The molecule has 25 heavy (non-hydrogen) atoms. The highest BCUT2D eigenvalue weighted by atomic mass is 19.1. The summed E-state index contributed by atoms with van der Waals surface area (Å²) in [6, 6.07) is 6.32. The molecular weight excluding hydrogens is 325 g/mol. The Labute approximate surface area is 146 Å². The second-order valence-corrected chi connectivity index (χ2v) is 6.08. The lowest BCUT2D eigenvalue weighted by molar-refractivity contribution is 0.0726. The normalized spacial score (nSPS) is 13.6. The molecule has 0 bridgehead atoms. The predicted molar refractivity (Wildman–Crippen MR) is 89.9 cm³/mol. The molecule has 2 aromatic rings. The van der Waals surface area contributed by atoms with Gasteiger partial charge in [-0.15, -0.1) is 0 Å². The smallest absolute Gasteiger partial charge is 0.274 e. The third-order valence-electron chi connectivity index (χ3n) is 4.32. The van der Waals surface area contributed by atoms with E-state index in [2.05, 4.69) is 5.10 Å². The van der Waals surface area contributed by atoms with Crippen LogP contribution in [0, 0.1) is 5.82 Å². The summed E-state index contributed by atoms with van der Waals surface area (Å²) in [5.74, 6) is -0.410. The van der Waals surface area contributed by atoms with Crippen molar-refractivity contribution in [3.8, 4) is 0 Å². The van der Waals surface area contributed by atoms with Crippen molar-refractivity contribution >= 4 is 5.91 Å². The summed E-state index contributed by atoms with van der Waals surface area (Å²) in [6.45, 7) is 2.46. The van der Waals surface area contributed by atoms with Crippen molar-refractivity contribution < 1.29 is 18.7 Å². The number of ether oxygens (including phenoxy) is 2. The average molecular weight is 347 g/mol. The van der Waals surface area contributed by atoms with Gasteiger partial charge < -0.3 is 14.4 Å². The van der Waals surface area contributed by atoms with E-state index in [0.29, 0.717) is 45.0 Å². The summed E-state index contributed by atoms with van der Waals surface area (Å²) in [6.07, 6.45) is 0.707. The molecule has 0 saturated heterocycles. The highest BCUT2D eigenvalue weighted by Gasteiger charge is 2.27. The fraction of sp³-hybridized carbons (Fsp3) is 0.444. The van der Waals surface area contributed by atoms with Crippen LogP contribution in [0.15, 0.2) is 24.3 Å². The summed E-state index contributed by atoms with van der Waals surface area (Å²) < 4.78 is 25.5. The highest BCUT2D eigenvalue weighted by Crippen LogP contribution is 2.23. The molecule has 0 spiro atoms. The van der Waals surface area contributed by atoms with E-state index in [9.17, 15) is 9.18 Å². The molecule has 0 unspecified atom stereocenters. The number of methoxy groups -OCH3 is 1. The first-order valence-corrected chi connectivity index (χ1v) is 8.25. The van der Waals surface area contributed by atoms with Gasteiger partial charge in [-0.25, -0.2) is 4.39 Å². The number of rotatable bonds is 6. The van der Waals surface area contributed by atoms with Gasteiger partial charge in [-0.05, 0) is 17.7 Å².